The molecule has 0 saturated carbocycles. The third-order valence-corrected chi connectivity index (χ3v) is 4.09. The van der Waals surface area contributed by atoms with Gasteiger partial charge in [-0.1, -0.05) is 12.1 Å². The van der Waals surface area contributed by atoms with Gasteiger partial charge in [0.1, 0.15) is 11.6 Å². The Morgan fingerprint density at radius 3 is 2.63 bits per heavy atom. The molecule has 0 saturated heterocycles. The normalized spacial score (nSPS) is 10.8. The van der Waals surface area contributed by atoms with Crippen LogP contribution in [0.25, 0.3) is 33.6 Å². The second-order valence-corrected chi connectivity index (χ2v) is 5.74. The number of hydrogen-bond donors (Lipinski definition) is 1. The lowest BCUT2D eigenvalue weighted by Gasteiger charge is -2.08. The van der Waals surface area contributed by atoms with Crippen LogP contribution in [0.2, 0.25) is 0 Å². The first-order chi connectivity index (χ1) is 13.1. The number of rotatable bonds is 4. The maximum absolute atomic E-state index is 12.4. The third kappa shape index (κ3) is 2.89. The largest absolute Gasteiger partial charge is 0.453 e. The SMILES string of the molecule is O=Cc1ccc(-c2cc([N+](=O)[O-])ccc2-c2nc3ccccc3c(=O)[nH]2)o1. The highest BCUT2D eigenvalue weighted by Crippen LogP contribution is 2.34. The van der Waals surface area contributed by atoms with Gasteiger partial charge in [-0.05, 0) is 30.3 Å². The zero-order chi connectivity index (χ0) is 19.0. The van der Waals surface area contributed by atoms with Crippen LogP contribution in [0, 0.1) is 10.1 Å². The van der Waals surface area contributed by atoms with Crippen molar-refractivity contribution in [3.05, 3.63) is 80.8 Å². The maximum Gasteiger partial charge on any atom is 0.270 e. The lowest BCUT2D eigenvalue weighted by atomic mass is 10.0. The van der Waals surface area contributed by atoms with Crippen molar-refractivity contribution < 1.29 is 14.1 Å². The summed E-state index contributed by atoms with van der Waals surface area (Å²) in [5.41, 5.74) is 0.799. The number of nitrogens with one attached hydrogen (secondary N) is 1. The van der Waals surface area contributed by atoms with Crippen molar-refractivity contribution >= 4 is 22.9 Å². The molecule has 0 radical (unpaired) electrons. The van der Waals surface area contributed by atoms with Crippen molar-refractivity contribution in [1.82, 2.24) is 9.97 Å². The predicted molar refractivity (Wildman–Crippen MR) is 97.5 cm³/mol. The first-order valence-electron chi connectivity index (χ1n) is 7.90. The molecule has 8 nitrogen and oxygen atoms in total. The number of nitro groups is 1. The van der Waals surface area contributed by atoms with Gasteiger partial charge in [0.05, 0.1) is 15.8 Å². The number of nitro benzene ring substituents is 1. The smallest absolute Gasteiger partial charge is 0.270 e. The minimum atomic E-state index is -0.534. The number of furan rings is 1. The van der Waals surface area contributed by atoms with Crippen LogP contribution < -0.4 is 5.56 Å². The van der Waals surface area contributed by atoms with Crippen LogP contribution in [0.1, 0.15) is 10.6 Å². The zero-order valence-electron chi connectivity index (χ0n) is 13.7. The number of aromatic amines is 1. The highest BCUT2D eigenvalue weighted by molar-refractivity contribution is 5.85. The summed E-state index contributed by atoms with van der Waals surface area (Å²) in [5, 5.41) is 11.6. The minimum absolute atomic E-state index is 0.0856. The number of nitrogens with zero attached hydrogens (tertiary/aromatic N) is 2. The molecule has 132 valence electrons. The Bertz CT molecular complexity index is 1260. The fourth-order valence-electron chi connectivity index (χ4n) is 2.83. The topological polar surface area (TPSA) is 119 Å². The second kappa shape index (κ2) is 6.34. The molecule has 2 heterocycles. The summed E-state index contributed by atoms with van der Waals surface area (Å²) in [5.74, 6) is 0.585. The first kappa shape index (κ1) is 16.4. The molecule has 0 unspecified atom stereocenters. The Kier molecular flexibility index (Phi) is 3.85. The first-order valence-corrected chi connectivity index (χ1v) is 7.90. The van der Waals surface area contributed by atoms with E-state index in [1.54, 1.807) is 24.3 Å². The summed E-state index contributed by atoms with van der Waals surface area (Å²) in [6.07, 6.45) is 0.538. The van der Waals surface area contributed by atoms with E-state index in [1.807, 2.05) is 0 Å². The van der Waals surface area contributed by atoms with Crippen LogP contribution in [-0.2, 0) is 0 Å². The third-order valence-electron chi connectivity index (χ3n) is 4.09. The van der Waals surface area contributed by atoms with Gasteiger partial charge in [0.15, 0.2) is 12.0 Å². The molecule has 0 amide bonds. The van der Waals surface area contributed by atoms with Crippen LogP contribution in [0.5, 0.6) is 0 Å². The van der Waals surface area contributed by atoms with Gasteiger partial charge in [0.25, 0.3) is 11.2 Å². The quantitative estimate of drug-likeness (QED) is 0.337. The molecule has 4 rings (SSSR count). The van der Waals surface area contributed by atoms with Crippen molar-refractivity contribution in [2.75, 3.05) is 0 Å². The van der Waals surface area contributed by atoms with Crippen molar-refractivity contribution in [3.8, 4) is 22.7 Å². The molecular weight excluding hydrogens is 350 g/mol. The van der Waals surface area contributed by atoms with Crippen LogP contribution in [0.15, 0.2) is 63.8 Å². The Hall–Kier alpha value is -4.07. The maximum atomic E-state index is 12.4. The Morgan fingerprint density at radius 2 is 1.89 bits per heavy atom. The van der Waals surface area contributed by atoms with Gasteiger partial charge >= 0.3 is 0 Å². The predicted octanol–water partition coefficient (Wildman–Crippen LogP) is 3.57. The van der Waals surface area contributed by atoms with Crippen LogP contribution >= 0.6 is 0 Å². The van der Waals surface area contributed by atoms with Gasteiger partial charge in [0, 0.05) is 23.3 Å². The number of para-hydroxylation sites is 1. The highest BCUT2D eigenvalue weighted by atomic mass is 16.6. The van der Waals surface area contributed by atoms with E-state index in [0.717, 1.165) is 0 Å². The van der Waals surface area contributed by atoms with Crippen LogP contribution in [-0.4, -0.2) is 21.2 Å². The molecule has 2 aromatic heterocycles. The number of carbonyl (C=O) groups is 1. The van der Waals surface area contributed by atoms with Crippen LogP contribution in [0.3, 0.4) is 0 Å². The summed E-state index contributed by atoms with van der Waals surface area (Å²) >= 11 is 0. The Morgan fingerprint density at radius 1 is 1.07 bits per heavy atom. The average molecular weight is 361 g/mol. The van der Waals surface area contributed by atoms with E-state index in [9.17, 15) is 19.7 Å². The minimum Gasteiger partial charge on any atom is -0.453 e. The molecule has 2 aromatic carbocycles. The van der Waals surface area contributed by atoms with Gasteiger partial charge in [-0.2, -0.15) is 0 Å². The lowest BCUT2D eigenvalue weighted by molar-refractivity contribution is -0.384. The highest BCUT2D eigenvalue weighted by Gasteiger charge is 2.18. The van der Waals surface area contributed by atoms with Crippen molar-refractivity contribution in [2.45, 2.75) is 0 Å². The van der Waals surface area contributed by atoms with E-state index in [2.05, 4.69) is 9.97 Å². The monoisotopic (exact) mass is 361 g/mol. The van der Waals surface area contributed by atoms with E-state index in [-0.39, 0.29) is 28.6 Å². The molecule has 4 aromatic rings. The van der Waals surface area contributed by atoms with Gasteiger partial charge < -0.3 is 9.40 Å². The van der Waals surface area contributed by atoms with E-state index < -0.39 is 4.92 Å². The molecule has 0 aliphatic carbocycles. The Labute approximate surface area is 151 Å². The number of fused-ring (bicyclic) bond motifs is 1. The second-order valence-electron chi connectivity index (χ2n) is 5.74. The molecule has 0 spiro atoms. The van der Waals surface area contributed by atoms with Crippen molar-refractivity contribution in [1.29, 1.82) is 0 Å². The molecule has 0 atom stereocenters. The van der Waals surface area contributed by atoms with E-state index >= 15 is 0 Å². The number of H-pyrrole nitrogens is 1. The number of non-ortho nitro benzene ring substituents is 1. The number of hydrogen-bond acceptors (Lipinski definition) is 6. The molecule has 8 heteroatoms. The van der Waals surface area contributed by atoms with Gasteiger partial charge in [-0.25, -0.2) is 4.98 Å². The van der Waals surface area contributed by atoms with Gasteiger partial charge in [-0.15, -0.1) is 0 Å². The average Bonchev–Trinajstić information content (AvgIpc) is 3.16. The molecule has 0 aliphatic heterocycles. The van der Waals surface area contributed by atoms with E-state index in [0.29, 0.717) is 28.3 Å². The van der Waals surface area contributed by atoms with E-state index in [1.165, 1.54) is 30.3 Å². The molecule has 0 fully saturated rings. The molecule has 1 N–H and O–H groups in total. The van der Waals surface area contributed by atoms with Crippen LogP contribution in [0.4, 0.5) is 5.69 Å². The van der Waals surface area contributed by atoms with Crippen molar-refractivity contribution in [3.63, 3.8) is 0 Å². The van der Waals surface area contributed by atoms with Gasteiger partial charge in [0.2, 0.25) is 0 Å². The summed E-state index contributed by atoms with van der Waals surface area (Å²) in [6.45, 7) is 0. The Balaban J connectivity index is 1.98. The standard InChI is InChI=1S/C19H11N3O5/c23-10-12-6-8-17(27-12)15-9-11(22(25)26)5-7-13(15)18-20-16-4-2-1-3-14(16)19(24)21-18/h1-10H,(H,20,21,24). The fraction of sp³-hybridized carbons (Fsp3) is 0. The summed E-state index contributed by atoms with van der Waals surface area (Å²) in [6, 6.07) is 14.0. The van der Waals surface area contributed by atoms with E-state index in [4.69, 9.17) is 4.42 Å². The van der Waals surface area contributed by atoms with Crippen molar-refractivity contribution in [2.24, 2.45) is 0 Å². The number of aldehydes is 1. The number of benzene rings is 2. The fourth-order valence-corrected chi connectivity index (χ4v) is 2.83. The summed E-state index contributed by atoms with van der Waals surface area (Å²) < 4.78 is 5.42. The number of aromatic nitrogens is 2. The lowest BCUT2D eigenvalue weighted by Crippen LogP contribution is -2.09. The van der Waals surface area contributed by atoms with Gasteiger partial charge in [-0.3, -0.25) is 19.7 Å². The molecule has 0 bridgehead atoms. The zero-order valence-corrected chi connectivity index (χ0v) is 13.7. The molecular formula is C19H11N3O5. The summed E-state index contributed by atoms with van der Waals surface area (Å²) in [4.78, 5) is 41.1. The molecule has 27 heavy (non-hydrogen) atoms. The summed E-state index contributed by atoms with van der Waals surface area (Å²) in [7, 11) is 0. The number of carbonyl (C=O) groups excluding carboxylic acids is 1. The molecule has 0 aliphatic rings.